The molecule has 1 aromatic rings. The summed E-state index contributed by atoms with van der Waals surface area (Å²) in [6, 6.07) is 2.60. The second-order valence-electron chi connectivity index (χ2n) is 3.52. The highest BCUT2D eigenvalue weighted by molar-refractivity contribution is 7.94. The fourth-order valence-electron chi connectivity index (χ4n) is 1.19. The third-order valence-corrected chi connectivity index (χ3v) is 3.89. The molecule has 0 fully saturated rings. The Balaban J connectivity index is 3.09. The first-order chi connectivity index (χ1) is 8.79. The van der Waals surface area contributed by atoms with Crippen molar-refractivity contribution in [1.29, 1.82) is 0 Å². The number of hydrogen-bond acceptors (Lipinski definition) is 6. The number of aromatic carboxylic acids is 1. The molecule has 104 valence electrons. The van der Waals surface area contributed by atoms with Crippen molar-refractivity contribution in [2.75, 3.05) is 11.8 Å². The van der Waals surface area contributed by atoms with E-state index in [1.54, 1.807) is 0 Å². The molecule has 9 heteroatoms. The maximum Gasteiger partial charge on any atom is 0.356 e. The Morgan fingerprint density at radius 3 is 2.63 bits per heavy atom. The van der Waals surface area contributed by atoms with Crippen molar-refractivity contribution in [3.8, 4) is 0 Å². The van der Waals surface area contributed by atoms with Crippen LogP contribution in [0.2, 0.25) is 0 Å². The van der Waals surface area contributed by atoms with Gasteiger partial charge >= 0.3 is 11.9 Å². The number of carboxylic acid groups (broad SMARTS) is 1. The fraction of sp³-hybridized carbons (Fsp3) is 0.300. The third-order valence-electron chi connectivity index (χ3n) is 2.26. The number of esters is 1. The van der Waals surface area contributed by atoms with Crippen LogP contribution in [0, 0.1) is 0 Å². The van der Waals surface area contributed by atoms with Gasteiger partial charge in [-0.1, -0.05) is 0 Å². The molecule has 0 aliphatic carbocycles. The summed E-state index contributed by atoms with van der Waals surface area (Å²) in [4.78, 5) is 25.6. The third kappa shape index (κ3) is 3.41. The van der Waals surface area contributed by atoms with E-state index in [9.17, 15) is 18.0 Å². The quantitative estimate of drug-likeness (QED) is 0.735. The number of rotatable bonds is 5. The zero-order valence-electron chi connectivity index (χ0n) is 10.2. The Kier molecular flexibility index (Phi) is 4.43. The van der Waals surface area contributed by atoms with E-state index in [4.69, 9.17) is 5.11 Å². The second-order valence-corrected chi connectivity index (χ2v) is 5.52. The Hall–Kier alpha value is -2.16. The van der Waals surface area contributed by atoms with Crippen LogP contribution in [0.15, 0.2) is 18.3 Å². The first-order valence-electron chi connectivity index (χ1n) is 5.07. The maximum atomic E-state index is 11.8. The molecule has 2 N–H and O–H groups in total. The number of carbonyl (C=O) groups excluding carboxylic acids is 1. The Morgan fingerprint density at radius 1 is 1.47 bits per heavy atom. The van der Waals surface area contributed by atoms with Gasteiger partial charge in [-0.3, -0.25) is 9.52 Å². The second kappa shape index (κ2) is 5.65. The molecule has 0 spiro atoms. The van der Waals surface area contributed by atoms with Crippen molar-refractivity contribution in [1.82, 2.24) is 4.98 Å². The molecule has 0 saturated heterocycles. The Morgan fingerprint density at radius 2 is 2.11 bits per heavy atom. The van der Waals surface area contributed by atoms with Gasteiger partial charge in [-0.15, -0.1) is 0 Å². The smallest absolute Gasteiger partial charge is 0.356 e. The van der Waals surface area contributed by atoms with Crippen LogP contribution in [0.3, 0.4) is 0 Å². The number of sulfonamides is 1. The molecule has 1 atom stereocenters. The predicted molar refractivity (Wildman–Crippen MR) is 65.2 cm³/mol. The van der Waals surface area contributed by atoms with Crippen LogP contribution in [0.25, 0.3) is 0 Å². The summed E-state index contributed by atoms with van der Waals surface area (Å²) < 4.78 is 30.0. The van der Waals surface area contributed by atoms with E-state index in [1.807, 2.05) is 4.72 Å². The van der Waals surface area contributed by atoms with E-state index >= 15 is 0 Å². The van der Waals surface area contributed by atoms with Gasteiger partial charge in [0.25, 0.3) is 0 Å². The monoisotopic (exact) mass is 288 g/mol. The number of pyridine rings is 1. The molecular weight excluding hydrogens is 276 g/mol. The van der Waals surface area contributed by atoms with E-state index in [2.05, 4.69) is 9.72 Å². The molecule has 0 aliphatic heterocycles. The normalized spacial score (nSPS) is 12.5. The van der Waals surface area contributed by atoms with E-state index in [0.717, 1.165) is 14.0 Å². The summed E-state index contributed by atoms with van der Waals surface area (Å²) >= 11 is 0. The number of nitrogens with one attached hydrogen (secondary N) is 1. The molecule has 8 nitrogen and oxygen atoms in total. The van der Waals surface area contributed by atoms with Gasteiger partial charge in [0.05, 0.1) is 12.8 Å². The molecule has 1 heterocycles. The molecule has 0 radical (unpaired) electrons. The molecule has 0 aromatic carbocycles. The van der Waals surface area contributed by atoms with Gasteiger partial charge in [0.1, 0.15) is 0 Å². The standard InChI is InChI=1S/C10H12N2O6S/c1-6(10(15)18-2)19(16,17)12-7-4-3-5-11-8(7)9(13)14/h3-6,12H,1-2H3,(H,13,14). The minimum absolute atomic E-state index is 0.217. The highest BCUT2D eigenvalue weighted by Crippen LogP contribution is 2.16. The molecule has 1 rings (SSSR count). The number of methoxy groups -OCH3 is 1. The zero-order valence-corrected chi connectivity index (χ0v) is 11.0. The van der Waals surface area contributed by atoms with Crippen molar-refractivity contribution in [2.45, 2.75) is 12.2 Å². The lowest BCUT2D eigenvalue weighted by Crippen LogP contribution is -2.33. The van der Waals surface area contributed by atoms with E-state index in [1.165, 1.54) is 18.3 Å². The first-order valence-corrected chi connectivity index (χ1v) is 6.62. The SMILES string of the molecule is COC(=O)C(C)S(=O)(=O)Nc1cccnc1C(=O)O. The Labute approximate surface area is 109 Å². The number of nitrogens with zero attached hydrogens (tertiary/aromatic N) is 1. The number of hydrogen-bond donors (Lipinski definition) is 2. The summed E-state index contributed by atoms with van der Waals surface area (Å²) in [5.74, 6) is -2.34. The molecule has 0 saturated carbocycles. The zero-order chi connectivity index (χ0) is 14.6. The number of carbonyl (C=O) groups is 2. The summed E-state index contributed by atoms with van der Waals surface area (Å²) in [6.07, 6.45) is 1.21. The average molecular weight is 288 g/mol. The van der Waals surface area contributed by atoms with E-state index in [0.29, 0.717) is 0 Å². The summed E-state index contributed by atoms with van der Waals surface area (Å²) in [6.45, 7) is 1.13. The van der Waals surface area contributed by atoms with Gasteiger partial charge in [0, 0.05) is 6.20 Å². The van der Waals surface area contributed by atoms with E-state index in [-0.39, 0.29) is 5.69 Å². The minimum atomic E-state index is -4.11. The number of aromatic nitrogens is 1. The fourth-order valence-corrected chi connectivity index (χ4v) is 2.19. The highest BCUT2D eigenvalue weighted by Gasteiger charge is 2.30. The van der Waals surface area contributed by atoms with Crippen LogP contribution >= 0.6 is 0 Å². The van der Waals surface area contributed by atoms with Gasteiger partial charge in [0.2, 0.25) is 10.0 Å². The van der Waals surface area contributed by atoms with Crippen LogP contribution in [-0.4, -0.2) is 42.8 Å². The molecule has 0 amide bonds. The topological polar surface area (TPSA) is 123 Å². The van der Waals surface area contributed by atoms with Gasteiger partial charge in [-0.25, -0.2) is 18.2 Å². The van der Waals surface area contributed by atoms with Crippen LogP contribution in [-0.2, 0) is 19.6 Å². The lowest BCUT2D eigenvalue weighted by molar-refractivity contribution is -0.139. The summed E-state index contributed by atoms with van der Waals surface area (Å²) in [5.41, 5.74) is -0.672. The molecule has 1 aromatic heterocycles. The summed E-state index contributed by atoms with van der Waals surface area (Å²) in [5, 5.41) is 7.39. The van der Waals surface area contributed by atoms with E-state index < -0.39 is 32.9 Å². The van der Waals surface area contributed by atoms with Crippen molar-refractivity contribution < 1.29 is 27.9 Å². The van der Waals surface area contributed by atoms with Crippen LogP contribution in [0.4, 0.5) is 5.69 Å². The van der Waals surface area contributed by atoms with Gasteiger partial charge in [-0.05, 0) is 19.1 Å². The van der Waals surface area contributed by atoms with Crippen molar-refractivity contribution in [2.24, 2.45) is 0 Å². The van der Waals surface area contributed by atoms with Gasteiger partial charge < -0.3 is 9.84 Å². The van der Waals surface area contributed by atoms with Gasteiger partial charge in [0.15, 0.2) is 10.9 Å². The maximum absolute atomic E-state index is 11.8. The van der Waals surface area contributed by atoms with Crippen molar-refractivity contribution >= 4 is 27.6 Å². The minimum Gasteiger partial charge on any atom is -0.476 e. The largest absolute Gasteiger partial charge is 0.476 e. The van der Waals surface area contributed by atoms with Crippen LogP contribution < -0.4 is 4.72 Å². The molecule has 1 unspecified atom stereocenters. The number of carboxylic acids is 1. The summed E-state index contributed by atoms with van der Waals surface area (Å²) in [7, 11) is -3.05. The first kappa shape index (κ1) is 14.9. The van der Waals surface area contributed by atoms with Gasteiger partial charge in [-0.2, -0.15) is 0 Å². The average Bonchev–Trinajstić information content (AvgIpc) is 2.36. The predicted octanol–water partition coefficient (Wildman–Crippen LogP) is 0.0830. The highest BCUT2D eigenvalue weighted by atomic mass is 32.2. The van der Waals surface area contributed by atoms with Crippen molar-refractivity contribution in [3.63, 3.8) is 0 Å². The molecule has 0 bridgehead atoms. The van der Waals surface area contributed by atoms with Crippen molar-refractivity contribution in [3.05, 3.63) is 24.0 Å². The Bertz CT molecular complexity index is 598. The number of anilines is 1. The number of ether oxygens (including phenoxy) is 1. The lowest BCUT2D eigenvalue weighted by Gasteiger charge is -2.13. The molecule has 0 aliphatic rings. The van der Waals surface area contributed by atoms with Crippen LogP contribution in [0.5, 0.6) is 0 Å². The lowest BCUT2D eigenvalue weighted by atomic mass is 10.3. The van der Waals surface area contributed by atoms with Crippen LogP contribution in [0.1, 0.15) is 17.4 Å². The molecular formula is C10H12N2O6S. The molecule has 19 heavy (non-hydrogen) atoms.